The van der Waals surface area contributed by atoms with Crippen LogP contribution >= 0.6 is 0 Å². The standard InChI is InChI=1S/C40H47F2N7O3/c1-2-30-33(41)14-11-25-20-28(50)21-31(35(25)30)37-36(42)38-32(22-44-37)39(49-23-26-12-13-27(24-49)45-26)47-40(46-38)52-29-15-18-48(19-16-29)17-9-7-5-3-4-6-8-10-34(43)51/h1,11,14,20-22,26-27,29,45,50H,3-10,12-13,15-19,23-24H2,(H2,43,51). The van der Waals surface area contributed by atoms with Crippen molar-refractivity contribution in [3.05, 3.63) is 47.7 Å². The van der Waals surface area contributed by atoms with Gasteiger partial charge in [-0.2, -0.15) is 9.97 Å². The fourth-order valence-electron chi connectivity index (χ4n) is 8.14. The van der Waals surface area contributed by atoms with Crippen LogP contribution in [0.2, 0.25) is 0 Å². The van der Waals surface area contributed by atoms with Gasteiger partial charge in [-0.3, -0.25) is 9.78 Å². The van der Waals surface area contributed by atoms with Crippen molar-refractivity contribution in [2.75, 3.05) is 37.6 Å². The van der Waals surface area contributed by atoms with Crippen molar-refractivity contribution < 1.29 is 23.4 Å². The molecular weight excluding hydrogens is 664 g/mol. The summed E-state index contributed by atoms with van der Waals surface area (Å²) < 4.78 is 38.2. The first-order chi connectivity index (χ1) is 25.3. The number of aromatic nitrogens is 3. The van der Waals surface area contributed by atoms with Crippen LogP contribution < -0.4 is 20.7 Å². The van der Waals surface area contributed by atoms with Crippen LogP contribution in [0.25, 0.3) is 32.9 Å². The molecule has 2 unspecified atom stereocenters. The lowest BCUT2D eigenvalue weighted by Crippen LogP contribution is -2.51. The van der Waals surface area contributed by atoms with Gasteiger partial charge >= 0.3 is 6.01 Å². The molecule has 4 aromatic rings. The highest BCUT2D eigenvalue weighted by Gasteiger charge is 2.34. The molecule has 3 aliphatic heterocycles. The summed E-state index contributed by atoms with van der Waals surface area (Å²) in [6, 6.07) is 6.32. The number of anilines is 1. The lowest BCUT2D eigenvalue weighted by molar-refractivity contribution is -0.118. The van der Waals surface area contributed by atoms with E-state index in [1.54, 1.807) is 6.20 Å². The maximum absolute atomic E-state index is 16.9. The number of carbonyl (C=O) groups is 1. The van der Waals surface area contributed by atoms with Crippen molar-refractivity contribution in [2.24, 2.45) is 5.73 Å². The molecule has 0 aliphatic carbocycles. The predicted molar refractivity (Wildman–Crippen MR) is 198 cm³/mol. The maximum atomic E-state index is 16.9. The number of unbranched alkanes of at least 4 members (excludes halogenated alkanes) is 6. The van der Waals surface area contributed by atoms with Crippen LogP contribution in [0, 0.1) is 24.0 Å². The number of fused-ring (bicyclic) bond motifs is 4. The number of phenols is 1. The number of primary amides is 1. The number of nitrogens with one attached hydrogen (secondary N) is 1. The number of nitrogens with two attached hydrogens (primary N) is 1. The largest absolute Gasteiger partial charge is 0.508 e. The number of phenolic OH excluding ortho intramolecular Hbond substituents is 1. The van der Waals surface area contributed by atoms with Crippen LogP contribution in [0.15, 0.2) is 30.5 Å². The summed E-state index contributed by atoms with van der Waals surface area (Å²) in [4.78, 5) is 29.6. The molecule has 12 heteroatoms. The number of piperazine rings is 1. The lowest BCUT2D eigenvalue weighted by Gasteiger charge is -2.35. The smallest absolute Gasteiger partial charge is 0.319 e. The molecule has 0 spiro atoms. The fraction of sp³-hybridized carbons (Fsp3) is 0.500. The summed E-state index contributed by atoms with van der Waals surface area (Å²) in [7, 11) is 0. The summed E-state index contributed by atoms with van der Waals surface area (Å²) in [6.45, 7) is 4.30. The number of likely N-dealkylation sites (tertiary alicyclic amines) is 1. The highest BCUT2D eigenvalue weighted by Crippen LogP contribution is 2.39. The first kappa shape index (κ1) is 35.8. The van der Waals surface area contributed by atoms with Gasteiger partial charge in [0.1, 0.15) is 34.7 Å². The summed E-state index contributed by atoms with van der Waals surface area (Å²) in [5.74, 6) is 1.30. The van der Waals surface area contributed by atoms with Crippen LogP contribution in [0.1, 0.15) is 82.6 Å². The van der Waals surface area contributed by atoms with Crippen LogP contribution in [0.3, 0.4) is 0 Å². The van der Waals surface area contributed by atoms with Gasteiger partial charge in [-0.15, -0.1) is 6.42 Å². The van der Waals surface area contributed by atoms with Crippen molar-refractivity contribution in [3.8, 4) is 35.4 Å². The number of rotatable bonds is 14. The fourth-order valence-corrected chi connectivity index (χ4v) is 8.14. The van der Waals surface area contributed by atoms with Crippen LogP contribution in [0.4, 0.5) is 14.6 Å². The number of terminal acetylenes is 1. The zero-order chi connectivity index (χ0) is 36.2. The number of amides is 1. The minimum atomic E-state index is -0.719. The van der Waals surface area contributed by atoms with E-state index in [2.05, 4.69) is 31.0 Å². The number of carbonyl (C=O) groups excluding carboxylic acids is 1. The van der Waals surface area contributed by atoms with E-state index in [9.17, 15) is 14.3 Å². The average Bonchev–Trinajstić information content (AvgIpc) is 3.48. The number of benzene rings is 2. The molecule has 3 saturated heterocycles. The van der Waals surface area contributed by atoms with E-state index in [1.165, 1.54) is 43.5 Å². The SMILES string of the molecule is C#Cc1c(F)ccc2cc(O)cc(-c3ncc4c(N5CC6CCC(C5)N6)nc(OC5CCN(CCCCCCCCCC(N)=O)CC5)nc4c3F)c12. The minimum Gasteiger partial charge on any atom is -0.508 e. The molecule has 3 aliphatic rings. The first-order valence-corrected chi connectivity index (χ1v) is 18.7. The molecule has 2 atom stereocenters. The van der Waals surface area contributed by atoms with Gasteiger partial charge in [-0.05, 0) is 68.7 Å². The molecule has 0 saturated carbocycles. The third-order valence-corrected chi connectivity index (χ3v) is 10.8. The first-order valence-electron chi connectivity index (χ1n) is 18.7. The predicted octanol–water partition coefficient (Wildman–Crippen LogP) is 6.20. The molecule has 0 radical (unpaired) electrons. The van der Waals surface area contributed by atoms with Gasteiger partial charge in [0.15, 0.2) is 5.82 Å². The molecule has 7 rings (SSSR count). The topological polar surface area (TPSA) is 130 Å². The number of nitrogens with zero attached hydrogens (tertiary/aromatic N) is 5. The highest BCUT2D eigenvalue weighted by atomic mass is 19.1. The van der Waals surface area contributed by atoms with Gasteiger partial charge in [0.05, 0.1) is 10.9 Å². The Morgan fingerprint density at radius 3 is 2.42 bits per heavy atom. The van der Waals surface area contributed by atoms with Crippen molar-refractivity contribution in [2.45, 2.75) is 95.2 Å². The average molecular weight is 712 g/mol. The molecular formula is C40H47F2N7O3. The number of hydrogen-bond acceptors (Lipinski definition) is 9. The third kappa shape index (κ3) is 7.91. The van der Waals surface area contributed by atoms with Gasteiger partial charge in [-0.25, -0.2) is 8.78 Å². The second-order valence-electron chi connectivity index (χ2n) is 14.6. The van der Waals surface area contributed by atoms with Gasteiger partial charge in [0, 0.05) is 61.8 Å². The Hall–Kier alpha value is -4.60. The Kier molecular flexibility index (Phi) is 11.0. The Balaban J connectivity index is 1.09. The third-order valence-electron chi connectivity index (χ3n) is 10.8. The van der Waals surface area contributed by atoms with E-state index in [0.717, 1.165) is 84.1 Å². The van der Waals surface area contributed by atoms with Gasteiger partial charge in [-0.1, -0.05) is 44.1 Å². The molecule has 10 nitrogen and oxygen atoms in total. The maximum Gasteiger partial charge on any atom is 0.319 e. The van der Waals surface area contributed by atoms with E-state index in [4.69, 9.17) is 21.9 Å². The number of hydrogen-bond donors (Lipinski definition) is 3. The number of piperidine rings is 1. The molecule has 2 aromatic carbocycles. The lowest BCUT2D eigenvalue weighted by atomic mass is 9.96. The second-order valence-corrected chi connectivity index (χ2v) is 14.6. The minimum absolute atomic E-state index is 0.0301. The van der Waals surface area contributed by atoms with Crippen molar-refractivity contribution in [3.63, 3.8) is 0 Å². The second kappa shape index (κ2) is 16.0. The van der Waals surface area contributed by atoms with Gasteiger partial charge in [0.25, 0.3) is 0 Å². The number of aromatic hydroxyl groups is 1. The van der Waals surface area contributed by atoms with E-state index in [0.29, 0.717) is 40.5 Å². The molecule has 5 heterocycles. The summed E-state index contributed by atoms with van der Waals surface area (Å²) >= 11 is 0. The van der Waals surface area contributed by atoms with Gasteiger partial charge in [0.2, 0.25) is 5.91 Å². The van der Waals surface area contributed by atoms with Gasteiger partial charge < -0.3 is 30.7 Å². The van der Waals surface area contributed by atoms with E-state index in [1.807, 2.05) is 0 Å². The summed E-state index contributed by atoms with van der Waals surface area (Å²) in [5.41, 5.74) is 5.32. The van der Waals surface area contributed by atoms with Crippen molar-refractivity contribution in [1.82, 2.24) is 25.2 Å². The molecule has 52 heavy (non-hydrogen) atoms. The van der Waals surface area contributed by atoms with E-state index >= 15 is 4.39 Å². The van der Waals surface area contributed by atoms with Crippen molar-refractivity contribution >= 4 is 33.4 Å². The molecule has 1 amide bonds. The van der Waals surface area contributed by atoms with Crippen molar-refractivity contribution in [1.29, 1.82) is 0 Å². The highest BCUT2D eigenvalue weighted by molar-refractivity contribution is 6.03. The zero-order valence-corrected chi connectivity index (χ0v) is 29.6. The number of ether oxygens (including phenoxy) is 1. The molecule has 274 valence electrons. The summed E-state index contributed by atoms with van der Waals surface area (Å²) in [6.07, 6.45) is 19.2. The number of pyridine rings is 1. The Morgan fingerprint density at radius 1 is 1.00 bits per heavy atom. The molecule has 2 bridgehead atoms. The van der Waals surface area contributed by atoms with Crippen LogP contribution in [-0.2, 0) is 4.79 Å². The quantitative estimate of drug-likeness (QED) is 0.103. The summed E-state index contributed by atoms with van der Waals surface area (Å²) in [5, 5.41) is 15.4. The Morgan fingerprint density at radius 2 is 1.71 bits per heavy atom. The molecule has 3 fully saturated rings. The Bertz CT molecular complexity index is 1970. The molecule has 4 N–H and O–H groups in total. The normalized spacial score (nSPS) is 19.4. The van der Waals surface area contributed by atoms with Crippen LogP contribution in [0.5, 0.6) is 11.8 Å². The van der Waals surface area contributed by atoms with Crippen LogP contribution in [-0.4, -0.2) is 81.8 Å². The Labute approximate surface area is 303 Å². The van der Waals surface area contributed by atoms with E-state index in [-0.39, 0.29) is 46.1 Å². The van der Waals surface area contributed by atoms with E-state index < -0.39 is 11.6 Å². The molecule has 2 aromatic heterocycles. The number of halogens is 2. The monoisotopic (exact) mass is 711 g/mol. The zero-order valence-electron chi connectivity index (χ0n) is 29.6.